The molecule has 18 heavy (non-hydrogen) atoms. The Labute approximate surface area is 110 Å². The van der Waals surface area contributed by atoms with Crippen molar-refractivity contribution < 1.29 is 4.79 Å². The van der Waals surface area contributed by atoms with E-state index >= 15 is 0 Å². The van der Waals surface area contributed by atoms with Crippen LogP contribution in [0.1, 0.15) is 12.5 Å². The summed E-state index contributed by atoms with van der Waals surface area (Å²) < 4.78 is 0. The zero-order valence-electron chi connectivity index (χ0n) is 11.7. The van der Waals surface area contributed by atoms with Gasteiger partial charge in [0.05, 0.1) is 6.54 Å². The van der Waals surface area contributed by atoms with Crippen LogP contribution in [0.4, 0.5) is 5.69 Å². The van der Waals surface area contributed by atoms with Gasteiger partial charge in [-0.3, -0.25) is 4.79 Å². The maximum atomic E-state index is 11.7. The van der Waals surface area contributed by atoms with Gasteiger partial charge in [0.15, 0.2) is 0 Å². The lowest BCUT2D eigenvalue weighted by Gasteiger charge is -2.23. The van der Waals surface area contributed by atoms with E-state index in [4.69, 9.17) is 0 Å². The number of likely N-dealkylation sites (N-methyl/N-ethyl adjacent to an activating group) is 2. The Hall–Kier alpha value is -1.55. The van der Waals surface area contributed by atoms with Crippen LogP contribution in [0.5, 0.6) is 0 Å². The number of hydrogen-bond donors (Lipinski definition) is 1. The van der Waals surface area contributed by atoms with Crippen molar-refractivity contribution in [1.29, 1.82) is 0 Å². The minimum Gasteiger partial charge on any atom is -0.365 e. The third-order valence-corrected chi connectivity index (χ3v) is 2.84. The van der Waals surface area contributed by atoms with Gasteiger partial charge in [0, 0.05) is 33.4 Å². The van der Waals surface area contributed by atoms with Crippen LogP contribution in [0.25, 0.3) is 0 Å². The molecule has 1 rings (SSSR count). The molecule has 0 saturated heterocycles. The van der Waals surface area contributed by atoms with E-state index in [2.05, 4.69) is 24.4 Å². The number of carbonyl (C=O) groups excluding carboxylic acids is 1. The van der Waals surface area contributed by atoms with Gasteiger partial charge in [0.25, 0.3) is 0 Å². The molecule has 100 valence electrons. The van der Waals surface area contributed by atoms with E-state index in [-0.39, 0.29) is 5.91 Å². The van der Waals surface area contributed by atoms with Crippen LogP contribution in [0.2, 0.25) is 0 Å². The molecule has 0 unspecified atom stereocenters. The molecule has 0 aliphatic rings. The van der Waals surface area contributed by atoms with Gasteiger partial charge in [0.1, 0.15) is 0 Å². The summed E-state index contributed by atoms with van der Waals surface area (Å²) in [7, 11) is 5.51. The van der Waals surface area contributed by atoms with Crippen LogP contribution in [-0.2, 0) is 11.3 Å². The molecule has 0 bridgehead atoms. The molecular formula is C14H23N3O. The molecule has 0 heterocycles. The zero-order chi connectivity index (χ0) is 13.5. The first kappa shape index (κ1) is 14.5. The van der Waals surface area contributed by atoms with E-state index < -0.39 is 0 Å². The standard InChI is InChI=1S/C14H23N3O/c1-5-15-10-12-8-6-7-9-13(12)17(4)11-14(18)16(2)3/h6-9,15H,5,10-11H2,1-4H3. The Bertz CT molecular complexity index is 390. The molecule has 1 aromatic carbocycles. The summed E-state index contributed by atoms with van der Waals surface area (Å²) in [5, 5.41) is 3.31. The SMILES string of the molecule is CCNCc1ccccc1N(C)CC(=O)N(C)C. The van der Waals surface area contributed by atoms with E-state index in [1.54, 1.807) is 19.0 Å². The first-order chi connectivity index (χ1) is 8.56. The maximum Gasteiger partial charge on any atom is 0.241 e. The molecule has 0 fully saturated rings. The minimum atomic E-state index is 0.107. The summed E-state index contributed by atoms with van der Waals surface area (Å²) in [6.45, 7) is 4.25. The van der Waals surface area contributed by atoms with Gasteiger partial charge in [0.2, 0.25) is 5.91 Å². The highest BCUT2D eigenvalue weighted by Gasteiger charge is 2.11. The van der Waals surface area contributed by atoms with Crippen molar-refractivity contribution in [2.24, 2.45) is 0 Å². The second-order valence-electron chi connectivity index (χ2n) is 4.55. The Kier molecular flexibility index (Phi) is 5.65. The predicted molar refractivity (Wildman–Crippen MR) is 75.8 cm³/mol. The monoisotopic (exact) mass is 249 g/mol. The van der Waals surface area contributed by atoms with E-state index in [9.17, 15) is 4.79 Å². The van der Waals surface area contributed by atoms with Gasteiger partial charge < -0.3 is 15.1 Å². The topological polar surface area (TPSA) is 35.6 Å². The van der Waals surface area contributed by atoms with Crippen molar-refractivity contribution in [3.8, 4) is 0 Å². The Morgan fingerprint density at radius 2 is 1.89 bits per heavy atom. The highest BCUT2D eigenvalue weighted by molar-refractivity contribution is 5.81. The summed E-state index contributed by atoms with van der Waals surface area (Å²) in [5.41, 5.74) is 2.32. The Morgan fingerprint density at radius 3 is 2.50 bits per heavy atom. The van der Waals surface area contributed by atoms with Crippen molar-refractivity contribution in [1.82, 2.24) is 10.2 Å². The van der Waals surface area contributed by atoms with Crippen molar-refractivity contribution in [2.75, 3.05) is 39.1 Å². The molecule has 0 aliphatic heterocycles. The summed E-state index contributed by atoms with van der Waals surface area (Å²) in [4.78, 5) is 15.3. The number of nitrogens with zero attached hydrogens (tertiary/aromatic N) is 2. The number of rotatable bonds is 6. The van der Waals surface area contributed by atoms with Crippen LogP contribution in [0.15, 0.2) is 24.3 Å². The van der Waals surface area contributed by atoms with Gasteiger partial charge >= 0.3 is 0 Å². The summed E-state index contributed by atoms with van der Waals surface area (Å²) >= 11 is 0. The van der Waals surface area contributed by atoms with Gasteiger partial charge in [-0.25, -0.2) is 0 Å². The molecule has 0 radical (unpaired) electrons. The van der Waals surface area contributed by atoms with Crippen molar-refractivity contribution in [2.45, 2.75) is 13.5 Å². The van der Waals surface area contributed by atoms with Crippen LogP contribution in [0.3, 0.4) is 0 Å². The van der Waals surface area contributed by atoms with E-state index in [0.29, 0.717) is 6.54 Å². The van der Waals surface area contributed by atoms with E-state index in [1.165, 1.54) is 5.56 Å². The highest BCUT2D eigenvalue weighted by atomic mass is 16.2. The third kappa shape index (κ3) is 4.04. The quantitative estimate of drug-likeness (QED) is 0.826. The molecule has 4 heteroatoms. The molecule has 1 amide bonds. The molecule has 0 aliphatic carbocycles. The second kappa shape index (κ2) is 7.01. The van der Waals surface area contributed by atoms with Crippen LogP contribution < -0.4 is 10.2 Å². The maximum absolute atomic E-state index is 11.7. The Morgan fingerprint density at radius 1 is 1.22 bits per heavy atom. The lowest BCUT2D eigenvalue weighted by atomic mass is 10.1. The number of hydrogen-bond acceptors (Lipinski definition) is 3. The predicted octanol–water partition coefficient (Wildman–Crippen LogP) is 1.32. The van der Waals surface area contributed by atoms with Gasteiger partial charge in [-0.05, 0) is 18.2 Å². The van der Waals surface area contributed by atoms with Crippen LogP contribution in [0, 0.1) is 0 Å². The molecule has 0 spiro atoms. The smallest absolute Gasteiger partial charge is 0.241 e. The van der Waals surface area contributed by atoms with Gasteiger partial charge in [-0.1, -0.05) is 25.1 Å². The number of nitrogens with one attached hydrogen (secondary N) is 1. The van der Waals surface area contributed by atoms with Crippen molar-refractivity contribution in [3.63, 3.8) is 0 Å². The van der Waals surface area contributed by atoms with Crippen LogP contribution in [-0.4, -0.2) is 45.0 Å². The number of amides is 1. The minimum absolute atomic E-state index is 0.107. The molecule has 0 atom stereocenters. The summed E-state index contributed by atoms with van der Waals surface area (Å²) in [6.07, 6.45) is 0. The fourth-order valence-corrected chi connectivity index (χ4v) is 1.72. The lowest BCUT2D eigenvalue weighted by Crippen LogP contribution is -2.35. The second-order valence-corrected chi connectivity index (χ2v) is 4.55. The van der Waals surface area contributed by atoms with Crippen LogP contribution >= 0.6 is 0 Å². The molecule has 1 N–H and O–H groups in total. The van der Waals surface area contributed by atoms with Gasteiger partial charge in [-0.15, -0.1) is 0 Å². The lowest BCUT2D eigenvalue weighted by molar-refractivity contribution is -0.127. The average molecular weight is 249 g/mol. The number of carbonyl (C=O) groups is 1. The first-order valence-corrected chi connectivity index (χ1v) is 6.26. The summed E-state index contributed by atoms with van der Waals surface area (Å²) in [5.74, 6) is 0.107. The molecular weight excluding hydrogens is 226 g/mol. The molecule has 0 saturated carbocycles. The van der Waals surface area contributed by atoms with Crippen molar-refractivity contribution in [3.05, 3.63) is 29.8 Å². The number of benzene rings is 1. The zero-order valence-corrected chi connectivity index (χ0v) is 11.7. The fraction of sp³-hybridized carbons (Fsp3) is 0.500. The molecule has 1 aromatic rings. The normalized spacial score (nSPS) is 10.2. The highest BCUT2D eigenvalue weighted by Crippen LogP contribution is 2.18. The first-order valence-electron chi connectivity index (χ1n) is 6.26. The van der Waals surface area contributed by atoms with E-state index in [0.717, 1.165) is 18.8 Å². The largest absolute Gasteiger partial charge is 0.365 e. The number of anilines is 1. The number of para-hydroxylation sites is 1. The van der Waals surface area contributed by atoms with Crippen molar-refractivity contribution >= 4 is 11.6 Å². The van der Waals surface area contributed by atoms with Gasteiger partial charge in [-0.2, -0.15) is 0 Å². The third-order valence-electron chi connectivity index (χ3n) is 2.84. The average Bonchev–Trinajstić information content (AvgIpc) is 2.36. The molecule has 4 nitrogen and oxygen atoms in total. The fourth-order valence-electron chi connectivity index (χ4n) is 1.72. The molecule has 0 aromatic heterocycles. The summed E-state index contributed by atoms with van der Waals surface area (Å²) in [6, 6.07) is 8.17. The Balaban J connectivity index is 2.77. The van der Waals surface area contributed by atoms with E-state index in [1.807, 2.05) is 24.1 Å².